The Labute approximate surface area is 136 Å². The monoisotopic (exact) mass is 310 g/mol. The first-order valence-electron chi connectivity index (χ1n) is 7.66. The maximum atomic E-state index is 12.4. The summed E-state index contributed by atoms with van der Waals surface area (Å²) in [7, 11) is 0. The van der Waals surface area contributed by atoms with Crippen molar-refractivity contribution in [2.24, 2.45) is 0 Å². The third kappa shape index (κ3) is 4.68. The van der Waals surface area contributed by atoms with Gasteiger partial charge in [-0.1, -0.05) is 12.1 Å². The van der Waals surface area contributed by atoms with Gasteiger partial charge in [-0.2, -0.15) is 0 Å². The van der Waals surface area contributed by atoms with Crippen LogP contribution in [-0.4, -0.2) is 17.9 Å². The molecule has 2 amide bonds. The van der Waals surface area contributed by atoms with E-state index in [1.54, 1.807) is 24.3 Å². The number of hydrogen-bond acceptors (Lipinski definition) is 2. The summed E-state index contributed by atoms with van der Waals surface area (Å²) in [4.78, 5) is 24.4. The summed E-state index contributed by atoms with van der Waals surface area (Å²) in [6.45, 7) is 7.77. The van der Waals surface area contributed by atoms with Crippen LogP contribution >= 0.6 is 0 Å². The van der Waals surface area contributed by atoms with Gasteiger partial charge >= 0.3 is 0 Å². The van der Waals surface area contributed by atoms with Gasteiger partial charge in [0.1, 0.15) is 0 Å². The van der Waals surface area contributed by atoms with Gasteiger partial charge in [0.2, 0.25) is 0 Å². The molecule has 0 saturated heterocycles. The van der Waals surface area contributed by atoms with Crippen LogP contribution in [0, 0.1) is 13.8 Å². The van der Waals surface area contributed by atoms with E-state index in [-0.39, 0.29) is 17.9 Å². The second-order valence-electron chi connectivity index (χ2n) is 6.04. The second kappa shape index (κ2) is 7.09. The number of hydrogen-bond donors (Lipinski definition) is 2. The van der Waals surface area contributed by atoms with Crippen LogP contribution in [-0.2, 0) is 0 Å². The quantitative estimate of drug-likeness (QED) is 0.904. The largest absolute Gasteiger partial charge is 0.350 e. The fourth-order valence-corrected chi connectivity index (χ4v) is 2.40. The number of amides is 2. The Morgan fingerprint density at radius 2 is 1.43 bits per heavy atom. The minimum absolute atomic E-state index is 0.0512. The van der Waals surface area contributed by atoms with Crippen molar-refractivity contribution in [1.82, 2.24) is 5.32 Å². The lowest BCUT2D eigenvalue weighted by Gasteiger charge is -2.10. The maximum Gasteiger partial charge on any atom is 0.255 e. The van der Waals surface area contributed by atoms with E-state index >= 15 is 0 Å². The first kappa shape index (κ1) is 16.7. The highest BCUT2D eigenvalue weighted by Crippen LogP contribution is 2.15. The Morgan fingerprint density at radius 1 is 0.870 bits per heavy atom. The van der Waals surface area contributed by atoms with Crippen LogP contribution in [0.3, 0.4) is 0 Å². The molecule has 2 aromatic rings. The zero-order valence-corrected chi connectivity index (χ0v) is 13.9. The molecule has 0 unspecified atom stereocenters. The molecule has 0 radical (unpaired) electrons. The van der Waals surface area contributed by atoms with E-state index in [9.17, 15) is 9.59 Å². The molecule has 0 bridgehead atoms. The van der Waals surface area contributed by atoms with Crippen LogP contribution in [0.1, 0.15) is 45.7 Å². The Morgan fingerprint density at radius 3 is 2.00 bits per heavy atom. The Kier molecular flexibility index (Phi) is 5.16. The molecular weight excluding hydrogens is 288 g/mol. The van der Waals surface area contributed by atoms with Crippen molar-refractivity contribution in [2.75, 3.05) is 5.32 Å². The predicted molar refractivity (Wildman–Crippen MR) is 92.9 cm³/mol. The molecule has 23 heavy (non-hydrogen) atoms. The molecule has 0 aliphatic heterocycles. The van der Waals surface area contributed by atoms with Crippen molar-refractivity contribution >= 4 is 17.5 Å². The predicted octanol–water partition coefficient (Wildman–Crippen LogP) is 3.69. The van der Waals surface area contributed by atoms with Gasteiger partial charge < -0.3 is 10.6 Å². The zero-order chi connectivity index (χ0) is 17.0. The van der Waals surface area contributed by atoms with Crippen LogP contribution in [0.25, 0.3) is 0 Å². The fourth-order valence-electron chi connectivity index (χ4n) is 2.40. The topological polar surface area (TPSA) is 58.2 Å². The van der Waals surface area contributed by atoms with Gasteiger partial charge in [0.05, 0.1) is 0 Å². The summed E-state index contributed by atoms with van der Waals surface area (Å²) in [5, 5.41) is 5.70. The molecule has 2 rings (SSSR count). The Balaban J connectivity index is 2.18. The van der Waals surface area contributed by atoms with Gasteiger partial charge in [0.15, 0.2) is 0 Å². The molecule has 4 nitrogen and oxygen atoms in total. The maximum absolute atomic E-state index is 12.4. The van der Waals surface area contributed by atoms with Crippen LogP contribution in [0.15, 0.2) is 42.5 Å². The van der Waals surface area contributed by atoms with Crippen LogP contribution in [0.4, 0.5) is 5.69 Å². The first-order chi connectivity index (χ1) is 10.8. The van der Waals surface area contributed by atoms with E-state index in [1.165, 1.54) is 0 Å². The summed E-state index contributed by atoms with van der Waals surface area (Å²) in [5.74, 6) is -0.407. The Bertz CT molecular complexity index is 716. The zero-order valence-electron chi connectivity index (χ0n) is 13.9. The minimum atomic E-state index is -0.228. The molecule has 0 heterocycles. The summed E-state index contributed by atoms with van der Waals surface area (Å²) >= 11 is 0. The van der Waals surface area contributed by atoms with E-state index in [4.69, 9.17) is 0 Å². The number of rotatable bonds is 4. The SMILES string of the molecule is Cc1cc(C)cc(NC(=O)c2cccc(C(=O)NC(C)C)c2)c1. The molecule has 0 fully saturated rings. The van der Waals surface area contributed by atoms with Crippen molar-refractivity contribution in [3.05, 3.63) is 64.7 Å². The number of aryl methyl sites for hydroxylation is 2. The number of benzene rings is 2. The van der Waals surface area contributed by atoms with Gasteiger partial charge in [0, 0.05) is 22.9 Å². The Hall–Kier alpha value is -2.62. The molecular formula is C19H22N2O2. The van der Waals surface area contributed by atoms with Crippen molar-refractivity contribution in [3.8, 4) is 0 Å². The van der Waals surface area contributed by atoms with E-state index in [0.29, 0.717) is 11.1 Å². The highest BCUT2D eigenvalue weighted by molar-refractivity contribution is 6.06. The molecule has 2 N–H and O–H groups in total. The minimum Gasteiger partial charge on any atom is -0.350 e. The standard InChI is InChI=1S/C19H22N2O2/c1-12(2)20-18(22)15-6-5-7-16(11-15)19(23)21-17-9-13(3)8-14(4)10-17/h5-12H,1-4H3,(H,20,22)(H,21,23). The molecule has 4 heteroatoms. The van der Waals surface area contributed by atoms with Crippen molar-refractivity contribution in [3.63, 3.8) is 0 Å². The van der Waals surface area contributed by atoms with Gasteiger partial charge in [-0.3, -0.25) is 9.59 Å². The van der Waals surface area contributed by atoms with Gasteiger partial charge in [-0.05, 0) is 69.2 Å². The van der Waals surface area contributed by atoms with E-state index in [2.05, 4.69) is 10.6 Å². The second-order valence-corrected chi connectivity index (χ2v) is 6.04. The molecule has 120 valence electrons. The van der Waals surface area contributed by atoms with E-state index < -0.39 is 0 Å². The molecule has 0 aliphatic carbocycles. The molecule has 0 saturated carbocycles. The summed E-state index contributed by atoms with van der Waals surface area (Å²) in [5.41, 5.74) is 3.87. The lowest BCUT2D eigenvalue weighted by molar-refractivity contribution is 0.0943. The van der Waals surface area contributed by atoms with Crippen LogP contribution < -0.4 is 10.6 Å². The van der Waals surface area contributed by atoms with E-state index in [1.807, 2.05) is 45.9 Å². The highest BCUT2D eigenvalue weighted by Gasteiger charge is 2.11. The van der Waals surface area contributed by atoms with Gasteiger partial charge in [-0.25, -0.2) is 0 Å². The lowest BCUT2D eigenvalue weighted by atomic mass is 10.1. The van der Waals surface area contributed by atoms with Crippen molar-refractivity contribution in [1.29, 1.82) is 0 Å². The van der Waals surface area contributed by atoms with Gasteiger partial charge in [-0.15, -0.1) is 0 Å². The number of anilines is 1. The molecule has 0 aromatic heterocycles. The van der Waals surface area contributed by atoms with Crippen LogP contribution in [0.2, 0.25) is 0 Å². The first-order valence-corrected chi connectivity index (χ1v) is 7.66. The normalized spacial score (nSPS) is 10.5. The summed E-state index contributed by atoms with van der Waals surface area (Å²) < 4.78 is 0. The molecule has 0 atom stereocenters. The average molecular weight is 310 g/mol. The lowest BCUT2D eigenvalue weighted by Crippen LogP contribution is -2.30. The average Bonchev–Trinajstić information content (AvgIpc) is 2.45. The third-order valence-electron chi connectivity index (χ3n) is 3.29. The fraction of sp³-hybridized carbons (Fsp3) is 0.263. The van der Waals surface area contributed by atoms with Crippen molar-refractivity contribution < 1.29 is 9.59 Å². The number of carbonyl (C=O) groups is 2. The molecule has 2 aromatic carbocycles. The summed E-state index contributed by atoms with van der Waals surface area (Å²) in [6, 6.07) is 12.7. The van der Waals surface area contributed by atoms with E-state index in [0.717, 1.165) is 16.8 Å². The molecule has 0 aliphatic rings. The van der Waals surface area contributed by atoms with Crippen LogP contribution in [0.5, 0.6) is 0 Å². The van der Waals surface area contributed by atoms with Gasteiger partial charge in [0.25, 0.3) is 11.8 Å². The number of carbonyl (C=O) groups excluding carboxylic acids is 2. The van der Waals surface area contributed by atoms with Crippen molar-refractivity contribution in [2.45, 2.75) is 33.7 Å². The highest BCUT2D eigenvalue weighted by atomic mass is 16.2. The summed E-state index contributed by atoms with van der Waals surface area (Å²) in [6.07, 6.45) is 0. The molecule has 0 spiro atoms. The third-order valence-corrected chi connectivity index (χ3v) is 3.29. The smallest absolute Gasteiger partial charge is 0.255 e. The number of nitrogens with one attached hydrogen (secondary N) is 2.